The molecular formula is C24H19N3Na2O6S. The number of benzene rings is 2. The molecule has 9 nitrogen and oxygen atoms in total. The number of carboxylic acids is 1. The van der Waals surface area contributed by atoms with Gasteiger partial charge in [-0.2, -0.15) is 0 Å². The van der Waals surface area contributed by atoms with Crippen molar-refractivity contribution in [3.63, 3.8) is 0 Å². The largest absolute Gasteiger partial charge is 1.00 e. The Morgan fingerprint density at radius 1 is 1.08 bits per heavy atom. The second kappa shape index (κ2) is 14.1. The van der Waals surface area contributed by atoms with E-state index in [9.17, 15) is 19.5 Å². The van der Waals surface area contributed by atoms with Crippen LogP contribution in [-0.2, 0) is 24.5 Å². The predicted molar refractivity (Wildman–Crippen MR) is 123 cm³/mol. The zero-order valence-corrected chi connectivity index (χ0v) is 24.9. The van der Waals surface area contributed by atoms with Gasteiger partial charge in [0.05, 0.1) is 26.3 Å². The molecule has 0 aliphatic rings. The van der Waals surface area contributed by atoms with E-state index in [-0.39, 0.29) is 90.3 Å². The van der Waals surface area contributed by atoms with Crippen LogP contribution >= 0.6 is 11.3 Å². The summed E-state index contributed by atoms with van der Waals surface area (Å²) in [5.41, 5.74) is 1.78. The van der Waals surface area contributed by atoms with Gasteiger partial charge in [-0.3, -0.25) is 9.59 Å². The molecule has 0 radical (unpaired) electrons. The Hall–Kier alpha value is -2.02. The van der Waals surface area contributed by atoms with E-state index < -0.39 is 17.4 Å². The van der Waals surface area contributed by atoms with Gasteiger partial charge in [-0.1, -0.05) is 36.4 Å². The van der Waals surface area contributed by atoms with E-state index in [0.29, 0.717) is 21.5 Å². The number of nitrogens with zero attached hydrogens (tertiary/aromatic N) is 2. The first kappa shape index (κ1) is 30.2. The van der Waals surface area contributed by atoms with Crippen LogP contribution in [0.4, 0.5) is 0 Å². The van der Waals surface area contributed by atoms with Crippen molar-refractivity contribution in [1.29, 1.82) is 0 Å². The summed E-state index contributed by atoms with van der Waals surface area (Å²) in [6.45, 7) is 0.603. The minimum absolute atomic E-state index is 0. The zero-order valence-electron chi connectivity index (χ0n) is 20.1. The van der Waals surface area contributed by atoms with E-state index in [2.05, 4.69) is 15.3 Å². The maximum atomic E-state index is 12.6. The topological polar surface area (TPSA) is 132 Å². The van der Waals surface area contributed by atoms with Gasteiger partial charge in [0, 0.05) is 22.6 Å². The minimum Gasteiger partial charge on any atom is -0.545 e. The molecule has 4 aromatic rings. The number of aromatic nitrogens is 2. The van der Waals surface area contributed by atoms with Crippen LogP contribution in [0.2, 0.25) is 0 Å². The molecule has 0 bridgehead atoms. The van der Waals surface area contributed by atoms with Crippen LogP contribution in [0.1, 0.15) is 37.7 Å². The first-order chi connectivity index (χ1) is 16.4. The third kappa shape index (κ3) is 7.50. The van der Waals surface area contributed by atoms with Crippen LogP contribution in [0.15, 0.2) is 58.7 Å². The van der Waals surface area contributed by atoms with Crippen LogP contribution in [0.5, 0.6) is 5.75 Å². The molecule has 2 aromatic carbocycles. The van der Waals surface area contributed by atoms with Crippen molar-refractivity contribution in [2.24, 2.45) is 0 Å². The summed E-state index contributed by atoms with van der Waals surface area (Å²) in [6, 6.07) is 13.4. The molecule has 12 heteroatoms. The minimum atomic E-state index is -1.24. The van der Waals surface area contributed by atoms with Gasteiger partial charge in [0.1, 0.15) is 5.75 Å². The van der Waals surface area contributed by atoms with Crippen molar-refractivity contribution in [2.45, 2.75) is 19.8 Å². The Morgan fingerprint density at radius 2 is 1.83 bits per heavy atom. The fraction of sp³-hybridized carbons (Fsp3) is 0.167. The molecule has 1 N–H and O–H groups in total. The number of thiophene rings is 1. The Kier molecular flexibility index (Phi) is 11.8. The SMILES string of the molecule is COc1cccc(CNC(=O)c2nc(=O)c3c(COCc4ccc(C(=O)[O-])cc4)csc3[n-]2)c1.[Na+].[Na+]. The number of ether oxygens (including phenoxy) is 2. The summed E-state index contributed by atoms with van der Waals surface area (Å²) >= 11 is 1.23. The fourth-order valence-electron chi connectivity index (χ4n) is 3.23. The quantitative estimate of drug-likeness (QED) is 0.218. The number of carboxylic acid groups (broad SMARTS) is 1. The Balaban J connectivity index is 0.00000228. The van der Waals surface area contributed by atoms with Gasteiger partial charge in [0.2, 0.25) is 5.91 Å². The smallest absolute Gasteiger partial charge is 0.545 e. The molecule has 0 aliphatic heterocycles. The van der Waals surface area contributed by atoms with Crippen LogP contribution in [-0.4, -0.2) is 24.0 Å². The molecule has 2 heterocycles. The molecule has 0 aliphatic carbocycles. The molecular weight excluding hydrogens is 504 g/mol. The molecule has 0 atom stereocenters. The summed E-state index contributed by atoms with van der Waals surface area (Å²) in [4.78, 5) is 44.5. The van der Waals surface area contributed by atoms with Crippen molar-refractivity contribution in [3.05, 3.63) is 92.3 Å². The molecule has 0 spiro atoms. The van der Waals surface area contributed by atoms with Crippen molar-refractivity contribution in [1.82, 2.24) is 15.3 Å². The summed E-state index contributed by atoms with van der Waals surface area (Å²) in [5.74, 6) is -1.31. The van der Waals surface area contributed by atoms with Crippen molar-refractivity contribution in [2.75, 3.05) is 7.11 Å². The number of carbonyl (C=O) groups is 2. The van der Waals surface area contributed by atoms with E-state index in [1.807, 2.05) is 12.1 Å². The zero-order chi connectivity index (χ0) is 24.1. The first-order valence-electron chi connectivity index (χ1n) is 10.2. The van der Waals surface area contributed by atoms with Gasteiger partial charge in [-0.15, -0.1) is 11.3 Å². The van der Waals surface area contributed by atoms with E-state index >= 15 is 0 Å². The average Bonchev–Trinajstić information content (AvgIpc) is 3.26. The van der Waals surface area contributed by atoms with Crippen LogP contribution < -0.4 is 84.8 Å². The molecule has 0 fully saturated rings. The number of aromatic carboxylic acids is 1. The van der Waals surface area contributed by atoms with Crippen LogP contribution in [0, 0.1) is 0 Å². The summed E-state index contributed by atoms with van der Waals surface area (Å²) in [7, 11) is 1.56. The molecule has 0 unspecified atom stereocenters. The summed E-state index contributed by atoms with van der Waals surface area (Å²) in [5, 5.41) is 15.6. The van der Waals surface area contributed by atoms with Crippen LogP contribution in [0.3, 0.4) is 0 Å². The molecule has 36 heavy (non-hydrogen) atoms. The number of carbonyl (C=O) groups excluding carboxylic acids is 2. The Labute approximate surface area is 254 Å². The van der Waals surface area contributed by atoms with Gasteiger partial charge in [0.25, 0.3) is 0 Å². The number of hydrogen-bond acceptors (Lipinski definition) is 8. The number of rotatable bonds is 9. The maximum Gasteiger partial charge on any atom is 1.00 e. The molecule has 0 saturated carbocycles. The van der Waals surface area contributed by atoms with Crippen molar-refractivity contribution >= 4 is 33.4 Å². The monoisotopic (exact) mass is 523 g/mol. The normalized spacial score (nSPS) is 10.2. The van der Waals surface area contributed by atoms with Crippen molar-refractivity contribution < 1.29 is 83.3 Å². The van der Waals surface area contributed by atoms with Gasteiger partial charge in [-0.05, 0) is 39.8 Å². The Bertz CT molecular complexity index is 1410. The first-order valence-corrected chi connectivity index (χ1v) is 11.1. The van der Waals surface area contributed by atoms with E-state index in [1.54, 1.807) is 36.8 Å². The molecule has 0 saturated heterocycles. The maximum absolute atomic E-state index is 12.6. The summed E-state index contributed by atoms with van der Waals surface area (Å²) in [6.07, 6.45) is 0. The molecule has 174 valence electrons. The van der Waals surface area contributed by atoms with Gasteiger partial charge in [0.15, 0.2) is 5.56 Å². The van der Waals surface area contributed by atoms with Gasteiger partial charge in [-0.25, -0.2) is 0 Å². The molecule has 1 amide bonds. The van der Waals surface area contributed by atoms with Gasteiger partial charge < -0.3 is 34.7 Å². The third-order valence-corrected chi connectivity index (χ3v) is 5.90. The number of hydrogen-bond donors (Lipinski definition) is 1. The standard InChI is InChI=1S/C24H21N3O6S.2Na/c1-32-18-4-2-3-15(9-18)10-25-22(29)20-26-21(28)19-17(13-34-23(19)27-20)12-33-11-14-5-7-16(8-6-14)24(30)31;;/h2-9,13H,10-12H2,1H3,(H3,25,26,27,28,29,30,31);;/q;2*+1/p-2. The van der Waals surface area contributed by atoms with E-state index in [0.717, 1.165) is 11.1 Å². The molecule has 4 rings (SSSR count). The Morgan fingerprint density at radius 3 is 2.53 bits per heavy atom. The number of fused-ring (bicyclic) bond motifs is 1. The average molecular weight is 523 g/mol. The third-order valence-electron chi connectivity index (χ3n) is 4.98. The van der Waals surface area contributed by atoms with Gasteiger partial charge >= 0.3 is 59.1 Å². The molecule has 2 aromatic heterocycles. The van der Waals surface area contributed by atoms with E-state index in [1.165, 1.54) is 23.5 Å². The second-order valence-electron chi connectivity index (χ2n) is 7.30. The second-order valence-corrected chi connectivity index (χ2v) is 8.16. The van der Waals surface area contributed by atoms with Crippen LogP contribution in [0.25, 0.3) is 10.2 Å². The predicted octanol–water partition coefficient (Wildman–Crippen LogP) is -4.36. The summed E-state index contributed by atoms with van der Waals surface area (Å²) < 4.78 is 10.8. The number of methoxy groups -OCH3 is 1. The van der Waals surface area contributed by atoms with Crippen molar-refractivity contribution in [3.8, 4) is 5.75 Å². The fourth-order valence-corrected chi connectivity index (χ4v) is 4.15. The number of nitrogens with one attached hydrogen (secondary N) is 1. The van der Waals surface area contributed by atoms with E-state index in [4.69, 9.17) is 9.47 Å². The number of amides is 1.